The molecule has 3 nitrogen and oxygen atoms in total. The Kier molecular flexibility index (Phi) is 3.82. The summed E-state index contributed by atoms with van der Waals surface area (Å²) in [5, 5.41) is 0. The van der Waals surface area contributed by atoms with E-state index in [0.717, 1.165) is 38.5 Å². The van der Waals surface area contributed by atoms with Crippen LogP contribution >= 0.6 is 10.7 Å². The largest absolute Gasteiger partial charge is 0.378 e. The molecule has 5 heteroatoms. The summed E-state index contributed by atoms with van der Waals surface area (Å²) in [5.74, 6) is 0.0777. The minimum absolute atomic E-state index is 0.0777. The van der Waals surface area contributed by atoms with Crippen LogP contribution in [0.4, 0.5) is 0 Å². The molecular formula is C11H19ClO3S. The molecule has 0 aromatic rings. The molecule has 2 rings (SSSR count). The average molecular weight is 267 g/mol. The summed E-state index contributed by atoms with van der Waals surface area (Å²) in [4.78, 5) is 0. The second-order valence-corrected chi connectivity index (χ2v) is 8.03. The van der Waals surface area contributed by atoms with Gasteiger partial charge >= 0.3 is 0 Å². The molecular weight excluding hydrogens is 248 g/mol. The number of rotatable bonds is 5. The monoisotopic (exact) mass is 266 g/mol. The van der Waals surface area contributed by atoms with Crippen LogP contribution in [0.3, 0.4) is 0 Å². The second-order valence-electron chi connectivity index (χ2n) is 5.25. The van der Waals surface area contributed by atoms with E-state index in [1.165, 1.54) is 6.42 Å². The third kappa shape index (κ3) is 3.34. The highest BCUT2D eigenvalue weighted by Gasteiger charge is 2.39. The minimum atomic E-state index is -3.41. The Hall–Kier alpha value is 0.200. The highest BCUT2D eigenvalue weighted by molar-refractivity contribution is 8.13. The Morgan fingerprint density at radius 2 is 1.81 bits per heavy atom. The zero-order chi connectivity index (χ0) is 11.6. The molecule has 0 aliphatic heterocycles. The van der Waals surface area contributed by atoms with Crippen LogP contribution in [0.25, 0.3) is 0 Å². The summed E-state index contributed by atoms with van der Waals surface area (Å²) in [6.45, 7) is 0.573. The number of hydrogen-bond acceptors (Lipinski definition) is 3. The van der Waals surface area contributed by atoms with Crippen molar-refractivity contribution in [1.82, 2.24) is 0 Å². The molecule has 0 N–H and O–H groups in total. The molecule has 0 saturated heterocycles. The Morgan fingerprint density at radius 3 is 2.25 bits per heavy atom. The average Bonchev–Trinajstić information content (AvgIpc) is 2.47. The van der Waals surface area contributed by atoms with E-state index in [-0.39, 0.29) is 11.2 Å². The summed E-state index contributed by atoms with van der Waals surface area (Å²) in [7, 11) is 1.97. The lowest BCUT2D eigenvalue weighted by atomic mass is 9.89. The lowest BCUT2D eigenvalue weighted by Gasteiger charge is -2.33. The maximum absolute atomic E-state index is 11.2. The number of hydrogen-bond donors (Lipinski definition) is 0. The van der Waals surface area contributed by atoms with Gasteiger partial charge in [0.2, 0.25) is 9.05 Å². The van der Waals surface area contributed by atoms with Crippen LogP contribution in [0.15, 0.2) is 0 Å². The lowest BCUT2D eigenvalue weighted by molar-refractivity contribution is -0.0374. The van der Waals surface area contributed by atoms with E-state index in [0.29, 0.717) is 12.7 Å². The van der Waals surface area contributed by atoms with E-state index in [4.69, 9.17) is 15.4 Å². The topological polar surface area (TPSA) is 43.4 Å². The van der Waals surface area contributed by atoms with Gasteiger partial charge in [0.15, 0.2) is 0 Å². The smallest absolute Gasteiger partial charge is 0.233 e. The van der Waals surface area contributed by atoms with Crippen molar-refractivity contribution in [1.29, 1.82) is 0 Å². The molecule has 0 amide bonds. The summed E-state index contributed by atoms with van der Waals surface area (Å²) in [6, 6.07) is 0. The van der Waals surface area contributed by atoms with E-state index in [1.807, 2.05) is 0 Å². The van der Waals surface area contributed by atoms with Crippen LogP contribution in [-0.2, 0) is 13.8 Å². The SMILES string of the molecule is O=S(=O)(Cl)CC1(COC2CCC2)CCCC1. The van der Waals surface area contributed by atoms with Gasteiger partial charge in [0, 0.05) is 16.1 Å². The van der Waals surface area contributed by atoms with Gasteiger partial charge in [0.05, 0.1) is 18.5 Å². The van der Waals surface area contributed by atoms with Crippen molar-refractivity contribution in [2.24, 2.45) is 5.41 Å². The molecule has 0 unspecified atom stereocenters. The maximum Gasteiger partial charge on any atom is 0.233 e. The van der Waals surface area contributed by atoms with Crippen LogP contribution in [0.5, 0.6) is 0 Å². The molecule has 94 valence electrons. The van der Waals surface area contributed by atoms with Crippen molar-refractivity contribution in [3.05, 3.63) is 0 Å². The zero-order valence-corrected chi connectivity index (χ0v) is 11.0. The van der Waals surface area contributed by atoms with Gasteiger partial charge in [-0.1, -0.05) is 12.8 Å². The second kappa shape index (κ2) is 4.83. The molecule has 0 bridgehead atoms. The van der Waals surface area contributed by atoms with Gasteiger partial charge in [0.1, 0.15) is 0 Å². The van der Waals surface area contributed by atoms with Gasteiger partial charge in [-0.2, -0.15) is 0 Å². The van der Waals surface area contributed by atoms with E-state index in [2.05, 4.69) is 0 Å². The van der Waals surface area contributed by atoms with Crippen LogP contribution < -0.4 is 0 Å². The summed E-state index contributed by atoms with van der Waals surface area (Å²) in [5.41, 5.74) is -0.198. The van der Waals surface area contributed by atoms with Crippen molar-refractivity contribution in [2.75, 3.05) is 12.4 Å². The van der Waals surface area contributed by atoms with Gasteiger partial charge in [0.25, 0.3) is 0 Å². The standard InChI is InChI=1S/C11H19ClO3S/c12-16(13,14)9-11(6-1-2-7-11)8-15-10-4-3-5-10/h10H,1-9H2. The minimum Gasteiger partial charge on any atom is -0.378 e. The molecule has 0 heterocycles. The highest BCUT2D eigenvalue weighted by Crippen LogP contribution is 2.41. The lowest BCUT2D eigenvalue weighted by Crippen LogP contribution is -2.34. The summed E-state index contributed by atoms with van der Waals surface area (Å²) >= 11 is 0. The third-order valence-corrected chi connectivity index (χ3v) is 5.10. The first-order valence-electron chi connectivity index (χ1n) is 6.03. The Balaban J connectivity index is 1.92. The van der Waals surface area contributed by atoms with E-state index < -0.39 is 9.05 Å². The fourth-order valence-electron chi connectivity index (χ4n) is 2.65. The normalized spacial score (nSPS) is 25.6. The number of halogens is 1. The molecule has 16 heavy (non-hydrogen) atoms. The maximum atomic E-state index is 11.2. The molecule has 2 aliphatic carbocycles. The molecule has 0 aromatic heterocycles. The first kappa shape index (κ1) is 12.7. The highest BCUT2D eigenvalue weighted by atomic mass is 35.7. The first-order chi connectivity index (χ1) is 7.49. The Labute approximate surface area is 102 Å². The Morgan fingerprint density at radius 1 is 1.19 bits per heavy atom. The van der Waals surface area contributed by atoms with Gasteiger partial charge in [-0.05, 0) is 32.1 Å². The summed E-state index contributed by atoms with van der Waals surface area (Å²) in [6.07, 6.45) is 7.94. The third-order valence-electron chi connectivity index (χ3n) is 3.82. The van der Waals surface area contributed by atoms with Crippen molar-refractivity contribution in [3.63, 3.8) is 0 Å². The van der Waals surface area contributed by atoms with Crippen molar-refractivity contribution in [2.45, 2.75) is 51.0 Å². The van der Waals surface area contributed by atoms with Crippen LogP contribution in [0, 0.1) is 5.41 Å². The molecule has 0 aromatic carbocycles. The molecule has 2 saturated carbocycles. The number of ether oxygens (including phenoxy) is 1. The van der Waals surface area contributed by atoms with Crippen molar-refractivity contribution >= 4 is 19.7 Å². The van der Waals surface area contributed by atoms with Gasteiger partial charge in [-0.25, -0.2) is 8.42 Å². The molecule has 2 aliphatic rings. The fraction of sp³-hybridized carbons (Fsp3) is 1.00. The molecule has 0 radical (unpaired) electrons. The van der Waals surface area contributed by atoms with Crippen LogP contribution in [0.1, 0.15) is 44.9 Å². The van der Waals surface area contributed by atoms with E-state index >= 15 is 0 Å². The van der Waals surface area contributed by atoms with E-state index in [9.17, 15) is 8.42 Å². The van der Waals surface area contributed by atoms with Crippen molar-refractivity contribution in [3.8, 4) is 0 Å². The molecule has 2 fully saturated rings. The molecule has 0 atom stereocenters. The first-order valence-corrected chi connectivity index (χ1v) is 8.51. The summed E-state index contributed by atoms with van der Waals surface area (Å²) < 4.78 is 28.2. The predicted octanol–water partition coefficient (Wildman–Crippen LogP) is 2.68. The van der Waals surface area contributed by atoms with Gasteiger partial charge in [-0.3, -0.25) is 0 Å². The zero-order valence-electron chi connectivity index (χ0n) is 9.45. The van der Waals surface area contributed by atoms with Crippen LogP contribution in [-0.4, -0.2) is 26.9 Å². The quantitative estimate of drug-likeness (QED) is 0.719. The van der Waals surface area contributed by atoms with Crippen LogP contribution in [0.2, 0.25) is 0 Å². The molecule has 0 spiro atoms. The van der Waals surface area contributed by atoms with Gasteiger partial charge < -0.3 is 4.74 Å². The van der Waals surface area contributed by atoms with Crippen molar-refractivity contribution < 1.29 is 13.2 Å². The fourth-order valence-corrected chi connectivity index (χ4v) is 4.45. The van der Waals surface area contributed by atoms with E-state index in [1.54, 1.807) is 0 Å². The van der Waals surface area contributed by atoms with Gasteiger partial charge in [-0.15, -0.1) is 0 Å². The predicted molar refractivity (Wildman–Crippen MR) is 64.1 cm³/mol. The Bertz CT molecular complexity index is 329.